The van der Waals surface area contributed by atoms with Gasteiger partial charge >= 0.3 is 0 Å². The van der Waals surface area contributed by atoms with E-state index in [0.717, 1.165) is 10.2 Å². The first-order chi connectivity index (χ1) is 8.26. The molecule has 0 saturated carbocycles. The van der Waals surface area contributed by atoms with Crippen LogP contribution in [0.1, 0.15) is 17.0 Å². The third-order valence-electron chi connectivity index (χ3n) is 2.84. The van der Waals surface area contributed by atoms with Crippen molar-refractivity contribution >= 4 is 15.9 Å². The fraction of sp³-hybridized carbons (Fsp3) is 0.231. The number of hydrogen-bond acceptors (Lipinski definition) is 2. The highest BCUT2D eigenvalue weighted by molar-refractivity contribution is 9.10. The van der Waals surface area contributed by atoms with Gasteiger partial charge in [0.25, 0.3) is 0 Å². The molecule has 0 aliphatic heterocycles. The Morgan fingerprint density at radius 3 is 2.71 bits per heavy atom. The molecule has 0 spiro atoms. The molecule has 0 aliphatic carbocycles. The average Bonchev–Trinajstić information content (AvgIpc) is 2.84. The molecule has 2 rings (SSSR count). The second-order valence-corrected chi connectivity index (χ2v) is 4.68. The Balaban J connectivity index is 2.35. The Hall–Kier alpha value is -1.26. The third kappa shape index (κ3) is 2.53. The van der Waals surface area contributed by atoms with Gasteiger partial charge in [0, 0.05) is 24.9 Å². The van der Waals surface area contributed by atoms with Crippen LogP contribution in [-0.4, -0.2) is 18.6 Å². The van der Waals surface area contributed by atoms with Gasteiger partial charge in [-0.3, -0.25) is 0 Å². The van der Waals surface area contributed by atoms with Crippen LogP contribution in [0.4, 0.5) is 0 Å². The number of nitrogens with one attached hydrogen (secondary N) is 1. The maximum absolute atomic E-state index is 5.86. The number of aromatic amines is 1. The summed E-state index contributed by atoms with van der Waals surface area (Å²) < 4.78 is 6.17. The van der Waals surface area contributed by atoms with E-state index in [2.05, 4.69) is 33.0 Å². The van der Waals surface area contributed by atoms with E-state index in [1.165, 1.54) is 11.1 Å². The standard InChI is InChI=1S/C13H15BrN2O/c1-17-13-3-2-9(6-12(13)14)11(7-15)10-4-5-16-8-10/h2-6,8,11,16H,7,15H2,1H3. The van der Waals surface area contributed by atoms with Gasteiger partial charge in [-0.15, -0.1) is 0 Å². The van der Waals surface area contributed by atoms with Crippen molar-refractivity contribution in [1.29, 1.82) is 0 Å². The van der Waals surface area contributed by atoms with Gasteiger partial charge in [0.2, 0.25) is 0 Å². The summed E-state index contributed by atoms with van der Waals surface area (Å²) in [4.78, 5) is 3.06. The molecule has 1 aromatic heterocycles. The van der Waals surface area contributed by atoms with E-state index < -0.39 is 0 Å². The molecule has 1 atom stereocenters. The van der Waals surface area contributed by atoms with Crippen LogP contribution < -0.4 is 10.5 Å². The summed E-state index contributed by atoms with van der Waals surface area (Å²) in [7, 11) is 1.66. The predicted molar refractivity (Wildman–Crippen MR) is 72.4 cm³/mol. The molecule has 0 amide bonds. The average molecular weight is 295 g/mol. The van der Waals surface area contributed by atoms with Crippen LogP contribution in [0.15, 0.2) is 41.1 Å². The van der Waals surface area contributed by atoms with Crippen LogP contribution in [0.25, 0.3) is 0 Å². The predicted octanol–water partition coefficient (Wildman–Crippen LogP) is 2.88. The number of aromatic nitrogens is 1. The van der Waals surface area contributed by atoms with Crippen molar-refractivity contribution in [1.82, 2.24) is 4.98 Å². The molecule has 1 heterocycles. The highest BCUT2D eigenvalue weighted by Gasteiger charge is 2.14. The molecule has 90 valence electrons. The molecule has 17 heavy (non-hydrogen) atoms. The van der Waals surface area contributed by atoms with Crippen LogP contribution in [-0.2, 0) is 0 Å². The number of benzene rings is 1. The number of ether oxygens (including phenoxy) is 1. The number of nitrogens with two attached hydrogens (primary N) is 1. The monoisotopic (exact) mass is 294 g/mol. The zero-order chi connectivity index (χ0) is 12.3. The summed E-state index contributed by atoms with van der Waals surface area (Å²) >= 11 is 3.49. The molecular weight excluding hydrogens is 280 g/mol. The van der Waals surface area contributed by atoms with Crippen LogP contribution in [0.2, 0.25) is 0 Å². The lowest BCUT2D eigenvalue weighted by Gasteiger charge is -2.15. The summed E-state index contributed by atoms with van der Waals surface area (Å²) in [6, 6.07) is 8.11. The molecule has 3 nitrogen and oxygen atoms in total. The maximum atomic E-state index is 5.86. The first-order valence-electron chi connectivity index (χ1n) is 5.42. The van der Waals surface area contributed by atoms with Crippen molar-refractivity contribution in [3.05, 3.63) is 52.3 Å². The molecule has 0 bridgehead atoms. The van der Waals surface area contributed by atoms with Gasteiger partial charge in [-0.1, -0.05) is 6.07 Å². The van der Waals surface area contributed by atoms with Gasteiger partial charge in [-0.2, -0.15) is 0 Å². The van der Waals surface area contributed by atoms with E-state index in [4.69, 9.17) is 10.5 Å². The Morgan fingerprint density at radius 2 is 2.18 bits per heavy atom. The lowest BCUT2D eigenvalue weighted by atomic mass is 9.93. The molecule has 3 N–H and O–H groups in total. The highest BCUT2D eigenvalue weighted by Crippen LogP contribution is 2.31. The molecule has 1 aromatic carbocycles. The summed E-state index contributed by atoms with van der Waals surface area (Å²) in [5, 5.41) is 0. The van der Waals surface area contributed by atoms with Crippen LogP contribution in [0.3, 0.4) is 0 Å². The number of H-pyrrole nitrogens is 1. The van der Waals surface area contributed by atoms with Crippen LogP contribution in [0, 0.1) is 0 Å². The summed E-state index contributed by atoms with van der Waals surface area (Å²) in [6.07, 6.45) is 3.90. The van der Waals surface area contributed by atoms with Gasteiger partial charge in [0.05, 0.1) is 11.6 Å². The lowest BCUT2D eigenvalue weighted by molar-refractivity contribution is 0.412. The molecule has 0 radical (unpaired) electrons. The smallest absolute Gasteiger partial charge is 0.133 e. The van der Waals surface area contributed by atoms with E-state index in [9.17, 15) is 0 Å². The molecule has 0 saturated heterocycles. The molecule has 2 aromatic rings. The molecule has 0 aliphatic rings. The van der Waals surface area contributed by atoms with Gasteiger partial charge in [0.1, 0.15) is 5.75 Å². The van der Waals surface area contributed by atoms with E-state index >= 15 is 0 Å². The van der Waals surface area contributed by atoms with Gasteiger partial charge < -0.3 is 15.5 Å². The number of hydrogen-bond donors (Lipinski definition) is 2. The van der Waals surface area contributed by atoms with Crippen LogP contribution >= 0.6 is 15.9 Å². The normalized spacial score (nSPS) is 12.4. The number of halogens is 1. The maximum Gasteiger partial charge on any atom is 0.133 e. The second-order valence-electron chi connectivity index (χ2n) is 3.83. The Bertz CT molecular complexity index is 482. The van der Waals surface area contributed by atoms with Crippen molar-refractivity contribution in [3.63, 3.8) is 0 Å². The van der Waals surface area contributed by atoms with Crippen molar-refractivity contribution in [2.24, 2.45) is 5.73 Å². The van der Waals surface area contributed by atoms with E-state index in [-0.39, 0.29) is 5.92 Å². The molecule has 0 fully saturated rings. The lowest BCUT2D eigenvalue weighted by Crippen LogP contribution is -2.13. The Morgan fingerprint density at radius 1 is 1.35 bits per heavy atom. The van der Waals surface area contributed by atoms with Crippen molar-refractivity contribution < 1.29 is 4.74 Å². The number of methoxy groups -OCH3 is 1. The summed E-state index contributed by atoms with van der Waals surface area (Å²) in [5.74, 6) is 1.04. The fourth-order valence-corrected chi connectivity index (χ4v) is 2.48. The van der Waals surface area contributed by atoms with Crippen molar-refractivity contribution in [2.45, 2.75) is 5.92 Å². The zero-order valence-electron chi connectivity index (χ0n) is 9.61. The number of rotatable bonds is 4. The topological polar surface area (TPSA) is 51.0 Å². The molecular formula is C13H15BrN2O. The SMILES string of the molecule is COc1ccc(C(CN)c2cc[nH]c2)cc1Br. The minimum absolute atomic E-state index is 0.212. The Labute approximate surface area is 109 Å². The first kappa shape index (κ1) is 12.2. The van der Waals surface area contributed by atoms with Crippen molar-refractivity contribution in [2.75, 3.05) is 13.7 Å². The van der Waals surface area contributed by atoms with E-state index in [1.54, 1.807) is 7.11 Å². The second kappa shape index (κ2) is 5.38. The van der Waals surface area contributed by atoms with Crippen molar-refractivity contribution in [3.8, 4) is 5.75 Å². The Kier molecular flexibility index (Phi) is 3.86. The largest absolute Gasteiger partial charge is 0.496 e. The van der Waals surface area contributed by atoms with Gasteiger partial charge in [-0.25, -0.2) is 0 Å². The first-order valence-corrected chi connectivity index (χ1v) is 6.21. The molecule has 1 unspecified atom stereocenters. The summed E-state index contributed by atoms with van der Waals surface area (Å²) in [6.45, 7) is 0.580. The summed E-state index contributed by atoms with van der Waals surface area (Å²) in [5.41, 5.74) is 8.24. The minimum Gasteiger partial charge on any atom is -0.496 e. The quantitative estimate of drug-likeness (QED) is 0.911. The zero-order valence-corrected chi connectivity index (χ0v) is 11.2. The minimum atomic E-state index is 0.212. The van der Waals surface area contributed by atoms with E-state index in [1.807, 2.05) is 24.5 Å². The van der Waals surface area contributed by atoms with E-state index in [0.29, 0.717) is 6.54 Å². The third-order valence-corrected chi connectivity index (χ3v) is 3.46. The van der Waals surface area contributed by atoms with Gasteiger partial charge in [0.15, 0.2) is 0 Å². The van der Waals surface area contributed by atoms with Gasteiger partial charge in [-0.05, 0) is 45.3 Å². The van der Waals surface area contributed by atoms with Crippen LogP contribution in [0.5, 0.6) is 5.75 Å². The molecule has 4 heteroatoms. The highest BCUT2D eigenvalue weighted by atomic mass is 79.9. The fourth-order valence-electron chi connectivity index (χ4n) is 1.92.